The molecule has 0 radical (unpaired) electrons. The molecule has 6 heteroatoms. The zero-order valence-electron chi connectivity index (χ0n) is 12.3. The fourth-order valence-corrected chi connectivity index (χ4v) is 1.86. The number of amides is 2. The number of carboxylic acids is 1. The van der Waals surface area contributed by atoms with E-state index in [0.29, 0.717) is 25.1 Å². The molecule has 0 aromatic heterocycles. The predicted molar refractivity (Wildman–Crippen MR) is 77.3 cm³/mol. The van der Waals surface area contributed by atoms with Crippen LogP contribution in [0.4, 0.5) is 9.18 Å². The number of nitrogens with one attached hydrogen (secondary N) is 1. The number of hydrogen-bond donors (Lipinski definition) is 2. The number of rotatable bonds is 7. The van der Waals surface area contributed by atoms with Crippen LogP contribution >= 0.6 is 0 Å². The summed E-state index contributed by atoms with van der Waals surface area (Å²) in [5.41, 5.74) is 0.712. The first-order valence-corrected chi connectivity index (χ1v) is 6.91. The standard InChI is InChI=1S/C15H21FN2O3/c1-11(2)18(10-12-5-3-6-13(16)9-12)15(21)17-8-4-7-14(19)20/h3,5-6,9,11H,4,7-8,10H2,1-2H3,(H,17,21)(H,19,20). The number of carboxylic acid groups (broad SMARTS) is 1. The van der Waals surface area contributed by atoms with Crippen LogP contribution < -0.4 is 5.32 Å². The van der Waals surface area contributed by atoms with Crippen molar-refractivity contribution in [2.75, 3.05) is 6.54 Å². The molecule has 2 amide bonds. The van der Waals surface area contributed by atoms with E-state index in [2.05, 4.69) is 5.32 Å². The van der Waals surface area contributed by atoms with E-state index in [1.807, 2.05) is 13.8 Å². The maximum absolute atomic E-state index is 13.2. The van der Waals surface area contributed by atoms with Gasteiger partial charge in [0, 0.05) is 25.6 Å². The van der Waals surface area contributed by atoms with Gasteiger partial charge in [-0.05, 0) is 38.0 Å². The lowest BCUT2D eigenvalue weighted by Crippen LogP contribution is -2.43. The molecule has 0 aliphatic carbocycles. The van der Waals surface area contributed by atoms with Crippen molar-refractivity contribution in [1.29, 1.82) is 0 Å². The van der Waals surface area contributed by atoms with Crippen molar-refractivity contribution < 1.29 is 19.1 Å². The lowest BCUT2D eigenvalue weighted by molar-refractivity contribution is -0.137. The second-order valence-corrected chi connectivity index (χ2v) is 5.08. The van der Waals surface area contributed by atoms with Crippen LogP contribution in [0.5, 0.6) is 0 Å². The first-order valence-electron chi connectivity index (χ1n) is 6.91. The SMILES string of the molecule is CC(C)N(Cc1cccc(F)c1)C(=O)NCCCC(=O)O. The number of aliphatic carboxylic acids is 1. The monoisotopic (exact) mass is 296 g/mol. The summed E-state index contributed by atoms with van der Waals surface area (Å²) in [6.45, 7) is 4.35. The second kappa shape index (κ2) is 8.24. The molecule has 0 bridgehead atoms. The van der Waals surface area contributed by atoms with E-state index in [1.165, 1.54) is 12.1 Å². The van der Waals surface area contributed by atoms with E-state index in [9.17, 15) is 14.0 Å². The average molecular weight is 296 g/mol. The Balaban J connectivity index is 2.56. The third-order valence-corrected chi connectivity index (χ3v) is 2.97. The van der Waals surface area contributed by atoms with Crippen LogP contribution in [0.3, 0.4) is 0 Å². The second-order valence-electron chi connectivity index (χ2n) is 5.08. The van der Waals surface area contributed by atoms with E-state index < -0.39 is 5.97 Å². The van der Waals surface area contributed by atoms with Crippen LogP contribution in [0.1, 0.15) is 32.3 Å². The van der Waals surface area contributed by atoms with Crippen LogP contribution in [0, 0.1) is 5.82 Å². The number of carbonyl (C=O) groups is 2. The summed E-state index contributed by atoms with van der Waals surface area (Å²) in [5.74, 6) is -1.22. The molecule has 0 saturated heterocycles. The van der Waals surface area contributed by atoms with Crippen molar-refractivity contribution in [3.8, 4) is 0 Å². The number of benzene rings is 1. The Kier molecular flexibility index (Phi) is 6.65. The summed E-state index contributed by atoms with van der Waals surface area (Å²) in [6.07, 6.45) is 0.402. The van der Waals surface area contributed by atoms with Crippen LogP contribution in [0.25, 0.3) is 0 Å². The zero-order valence-corrected chi connectivity index (χ0v) is 12.3. The molecule has 1 aromatic rings. The summed E-state index contributed by atoms with van der Waals surface area (Å²) in [5, 5.41) is 11.2. The Labute approximate surface area is 123 Å². The highest BCUT2D eigenvalue weighted by molar-refractivity contribution is 5.74. The van der Waals surface area contributed by atoms with Gasteiger partial charge in [-0.2, -0.15) is 0 Å². The highest BCUT2D eigenvalue weighted by Crippen LogP contribution is 2.10. The van der Waals surface area contributed by atoms with Crippen LogP contribution in [-0.2, 0) is 11.3 Å². The molecule has 0 fully saturated rings. The molecular formula is C15H21FN2O3. The summed E-state index contributed by atoms with van der Waals surface area (Å²) >= 11 is 0. The fraction of sp³-hybridized carbons (Fsp3) is 0.467. The van der Waals surface area contributed by atoms with Crippen LogP contribution in [-0.4, -0.2) is 34.6 Å². The maximum atomic E-state index is 13.2. The third-order valence-electron chi connectivity index (χ3n) is 2.97. The molecule has 21 heavy (non-hydrogen) atoms. The van der Waals surface area contributed by atoms with E-state index in [1.54, 1.807) is 17.0 Å². The van der Waals surface area contributed by atoms with Crippen LogP contribution in [0.2, 0.25) is 0 Å². The largest absolute Gasteiger partial charge is 0.481 e. The Bertz CT molecular complexity index is 492. The number of carbonyl (C=O) groups excluding carboxylic acids is 1. The zero-order chi connectivity index (χ0) is 15.8. The molecule has 1 aromatic carbocycles. The molecule has 0 aliphatic heterocycles. The van der Waals surface area contributed by atoms with Gasteiger partial charge in [-0.3, -0.25) is 4.79 Å². The van der Waals surface area contributed by atoms with Gasteiger partial charge < -0.3 is 15.3 Å². The lowest BCUT2D eigenvalue weighted by atomic mass is 10.2. The summed E-state index contributed by atoms with van der Waals surface area (Å²) < 4.78 is 13.2. The molecule has 0 heterocycles. The highest BCUT2D eigenvalue weighted by Gasteiger charge is 2.17. The maximum Gasteiger partial charge on any atom is 0.317 e. The third kappa shape index (κ3) is 6.25. The van der Waals surface area contributed by atoms with Crippen molar-refractivity contribution in [3.05, 3.63) is 35.6 Å². The Morgan fingerprint density at radius 3 is 2.67 bits per heavy atom. The number of hydrogen-bond acceptors (Lipinski definition) is 2. The van der Waals surface area contributed by atoms with Gasteiger partial charge in [-0.1, -0.05) is 12.1 Å². The lowest BCUT2D eigenvalue weighted by Gasteiger charge is -2.27. The quantitative estimate of drug-likeness (QED) is 0.760. The van der Waals surface area contributed by atoms with Crippen molar-refractivity contribution in [2.45, 2.75) is 39.3 Å². The normalized spacial score (nSPS) is 10.5. The molecule has 2 N–H and O–H groups in total. The van der Waals surface area contributed by atoms with Gasteiger partial charge in [-0.25, -0.2) is 9.18 Å². The van der Waals surface area contributed by atoms with Crippen molar-refractivity contribution in [1.82, 2.24) is 10.2 Å². The Hall–Kier alpha value is -2.11. The fourth-order valence-electron chi connectivity index (χ4n) is 1.86. The topological polar surface area (TPSA) is 69.6 Å². The minimum atomic E-state index is -0.885. The van der Waals surface area contributed by atoms with Crippen molar-refractivity contribution >= 4 is 12.0 Å². The Morgan fingerprint density at radius 2 is 2.10 bits per heavy atom. The van der Waals surface area contributed by atoms with E-state index in [-0.39, 0.29) is 24.3 Å². The molecule has 116 valence electrons. The minimum absolute atomic E-state index is 0.0197. The van der Waals surface area contributed by atoms with E-state index >= 15 is 0 Å². The van der Waals surface area contributed by atoms with Gasteiger partial charge in [0.2, 0.25) is 0 Å². The Morgan fingerprint density at radius 1 is 1.38 bits per heavy atom. The van der Waals surface area contributed by atoms with Gasteiger partial charge in [0.15, 0.2) is 0 Å². The summed E-state index contributed by atoms with van der Waals surface area (Å²) in [6, 6.07) is 5.79. The number of nitrogens with zero attached hydrogens (tertiary/aromatic N) is 1. The molecule has 0 saturated carbocycles. The predicted octanol–water partition coefficient (Wildman–Crippen LogP) is 2.61. The molecule has 0 aliphatic rings. The first-order chi connectivity index (χ1) is 9.90. The van der Waals surface area contributed by atoms with E-state index in [4.69, 9.17) is 5.11 Å². The smallest absolute Gasteiger partial charge is 0.317 e. The molecule has 1 rings (SSSR count). The van der Waals surface area contributed by atoms with Crippen LogP contribution in [0.15, 0.2) is 24.3 Å². The van der Waals surface area contributed by atoms with Gasteiger partial charge in [0.1, 0.15) is 5.82 Å². The summed E-state index contributed by atoms with van der Waals surface area (Å²) in [7, 11) is 0. The van der Waals surface area contributed by atoms with Gasteiger partial charge in [0.25, 0.3) is 0 Å². The molecule has 0 atom stereocenters. The average Bonchev–Trinajstić information content (AvgIpc) is 2.40. The molecule has 0 unspecified atom stereocenters. The molecular weight excluding hydrogens is 275 g/mol. The molecule has 0 spiro atoms. The van der Waals surface area contributed by atoms with Crippen molar-refractivity contribution in [2.24, 2.45) is 0 Å². The molecule has 5 nitrogen and oxygen atoms in total. The van der Waals surface area contributed by atoms with Gasteiger partial charge in [0.05, 0.1) is 0 Å². The van der Waals surface area contributed by atoms with Crippen molar-refractivity contribution in [3.63, 3.8) is 0 Å². The highest BCUT2D eigenvalue weighted by atomic mass is 19.1. The minimum Gasteiger partial charge on any atom is -0.481 e. The number of urea groups is 1. The van der Waals surface area contributed by atoms with Gasteiger partial charge >= 0.3 is 12.0 Å². The number of halogens is 1. The summed E-state index contributed by atoms with van der Waals surface area (Å²) in [4.78, 5) is 24.1. The van der Waals surface area contributed by atoms with E-state index in [0.717, 1.165) is 0 Å². The van der Waals surface area contributed by atoms with Gasteiger partial charge in [-0.15, -0.1) is 0 Å². The first kappa shape index (κ1) is 16.9.